The molecule has 4 heterocycles. The fraction of sp³-hybridized carbons (Fsp3) is 0.367. The van der Waals surface area contributed by atoms with E-state index in [0.717, 1.165) is 10.9 Å². The zero-order chi connectivity index (χ0) is 29.5. The molecule has 1 aromatic carbocycles. The molecule has 0 aliphatic carbocycles. The van der Waals surface area contributed by atoms with Gasteiger partial charge in [-0.05, 0) is 63.4 Å². The van der Waals surface area contributed by atoms with Gasteiger partial charge in [-0.1, -0.05) is 12.1 Å². The number of fused-ring (bicyclic) bond motifs is 1. The molecule has 1 aliphatic heterocycles. The molecule has 3 aromatic heterocycles. The second-order valence-corrected chi connectivity index (χ2v) is 11.3. The molecule has 41 heavy (non-hydrogen) atoms. The third-order valence-corrected chi connectivity index (χ3v) is 7.21. The first-order valence-electron chi connectivity index (χ1n) is 13.5. The summed E-state index contributed by atoms with van der Waals surface area (Å²) >= 11 is 0. The fourth-order valence-electron chi connectivity index (χ4n) is 5.32. The van der Waals surface area contributed by atoms with Crippen molar-refractivity contribution >= 4 is 34.7 Å². The standard InChI is InChI=1S/C30H34N6O5/c1-30(2,3)41-29(40)35-15-6-7-22(18-35)36(26-24-20(12-14-31-26)13-16-33(24)4)27(37)21-10-8-19(9-11-21)23-17-32-34(5)25(23)28(38)39/h8-14,16-17,22H,6-7,15,18H2,1-5H3,(H,38,39)/t22-/m1/s1. The SMILES string of the molecule is Cn1ncc(-c2ccc(C(=O)N(c3nccc4ccn(C)c34)[C@@H]3CCCN(C(=O)OC(C)(C)C)C3)cc2)c1C(=O)O. The van der Waals surface area contributed by atoms with Gasteiger partial charge in [0.15, 0.2) is 11.5 Å². The third-order valence-electron chi connectivity index (χ3n) is 7.21. The van der Waals surface area contributed by atoms with Crippen LogP contribution in [-0.4, -0.2) is 72.0 Å². The number of aromatic carboxylic acids is 1. The average Bonchev–Trinajstić information content (AvgIpc) is 3.51. The molecule has 2 amide bonds. The van der Waals surface area contributed by atoms with Crippen molar-refractivity contribution in [1.29, 1.82) is 0 Å². The maximum Gasteiger partial charge on any atom is 0.410 e. The number of carbonyl (C=O) groups is 3. The number of aryl methyl sites for hydroxylation is 2. The molecule has 4 aromatic rings. The number of aromatic nitrogens is 4. The Morgan fingerprint density at radius 3 is 2.49 bits per heavy atom. The Bertz CT molecular complexity index is 1610. The molecule has 0 radical (unpaired) electrons. The number of carboxylic acid groups (broad SMARTS) is 1. The first-order chi connectivity index (χ1) is 19.4. The molecule has 11 nitrogen and oxygen atoms in total. The predicted molar refractivity (Wildman–Crippen MR) is 154 cm³/mol. The number of nitrogens with zero attached hydrogens (tertiary/aromatic N) is 6. The lowest BCUT2D eigenvalue weighted by atomic mass is 10.0. The predicted octanol–water partition coefficient (Wildman–Crippen LogP) is 4.72. The molecule has 214 valence electrons. The van der Waals surface area contributed by atoms with Gasteiger partial charge in [-0.2, -0.15) is 5.10 Å². The van der Waals surface area contributed by atoms with E-state index in [2.05, 4.69) is 10.1 Å². The highest BCUT2D eigenvalue weighted by Gasteiger charge is 2.35. The summed E-state index contributed by atoms with van der Waals surface area (Å²) in [5, 5.41) is 14.7. The summed E-state index contributed by atoms with van der Waals surface area (Å²) in [5.74, 6) is -0.834. The molecule has 11 heteroatoms. The minimum Gasteiger partial charge on any atom is -0.477 e. The van der Waals surface area contributed by atoms with Crippen molar-refractivity contribution in [3.63, 3.8) is 0 Å². The molecular weight excluding hydrogens is 524 g/mol. The van der Waals surface area contributed by atoms with Crippen LogP contribution in [0.1, 0.15) is 54.5 Å². The molecule has 0 bridgehead atoms. The lowest BCUT2D eigenvalue weighted by Crippen LogP contribution is -2.53. The maximum absolute atomic E-state index is 14.3. The lowest BCUT2D eigenvalue weighted by Gasteiger charge is -2.39. The number of ether oxygens (including phenoxy) is 1. The van der Waals surface area contributed by atoms with Crippen LogP contribution in [-0.2, 0) is 18.8 Å². The second kappa shape index (κ2) is 10.7. The molecule has 0 unspecified atom stereocenters. The number of hydrogen-bond donors (Lipinski definition) is 1. The largest absolute Gasteiger partial charge is 0.477 e. The number of piperidine rings is 1. The molecule has 1 saturated heterocycles. The zero-order valence-electron chi connectivity index (χ0n) is 23.9. The van der Waals surface area contributed by atoms with Gasteiger partial charge in [0, 0.05) is 56.1 Å². The van der Waals surface area contributed by atoms with Crippen LogP contribution in [0, 0.1) is 0 Å². The van der Waals surface area contributed by atoms with E-state index in [4.69, 9.17) is 4.74 Å². The summed E-state index contributed by atoms with van der Waals surface area (Å²) in [4.78, 5) is 47.0. The smallest absolute Gasteiger partial charge is 0.410 e. The van der Waals surface area contributed by atoms with Crippen molar-refractivity contribution in [2.75, 3.05) is 18.0 Å². The number of likely N-dealkylation sites (tertiary alicyclic amines) is 1. The van der Waals surface area contributed by atoms with Gasteiger partial charge >= 0.3 is 12.1 Å². The van der Waals surface area contributed by atoms with Gasteiger partial charge in [-0.15, -0.1) is 0 Å². The Balaban J connectivity index is 1.53. The summed E-state index contributed by atoms with van der Waals surface area (Å²) in [6.45, 7) is 6.34. The minimum atomic E-state index is -1.08. The molecule has 1 atom stereocenters. The Kier molecular flexibility index (Phi) is 7.29. The monoisotopic (exact) mass is 558 g/mol. The molecular formula is C30H34N6O5. The van der Waals surface area contributed by atoms with E-state index in [9.17, 15) is 19.5 Å². The Hall–Kier alpha value is -4.67. The molecule has 0 saturated carbocycles. The number of carboxylic acids is 1. The summed E-state index contributed by atoms with van der Waals surface area (Å²) in [7, 11) is 3.48. The molecule has 1 N–H and O–H groups in total. The summed E-state index contributed by atoms with van der Waals surface area (Å²) in [6.07, 6.45) is 6.09. The van der Waals surface area contributed by atoms with Crippen LogP contribution in [0.4, 0.5) is 10.6 Å². The maximum atomic E-state index is 14.3. The van der Waals surface area contributed by atoms with Crippen LogP contribution < -0.4 is 4.90 Å². The normalized spacial score (nSPS) is 15.6. The van der Waals surface area contributed by atoms with Crippen molar-refractivity contribution in [2.45, 2.75) is 45.3 Å². The van der Waals surface area contributed by atoms with Crippen molar-refractivity contribution in [2.24, 2.45) is 14.1 Å². The highest BCUT2D eigenvalue weighted by atomic mass is 16.6. The van der Waals surface area contributed by atoms with Gasteiger partial charge in [0.2, 0.25) is 0 Å². The quantitative estimate of drug-likeness (QED) is 0.376. The van der Waals surface area contributed by atoms with Gasteiger partial charge in [-0.25, -0.2) is 14.6 Å². The Morgan fingerprint density at radius 2 is 1.80 bits per heavy atom. The van der Waals surface area contributed by atoms with E-state index < -0.39 is 17.7 Å². The number of anilines is 1. The van der Waals surface area contributed by atoms with Gasteiger partial charge in [0.1, 0.15) is 5.60 Å². The van der Waals surface area contributed by atoms with Crippen LogP contribution in [0.25, 0.3) is 22.0 Å². The van der Waals surface area contributed by atoms with Crippen molar-refractivity contribution < 1.29 is 24.2 Å². The van der Waals surface area contributed by atoms with Crippen LogP contribution >= 0.6 is 0 Å². The van der Waals surface area contributed by atoms with E-state index in [0.29, 0.717) is 48.4 Å². The van der Waals surface area contributed by atoms with Crippen molar-refractivity contribution in [1.82, 2.24) is 24.2 Å². The van der Waals surface area contributed by atoms with E-state index in [1.165, 1.54) is 10.9 Å². The Morgan fingerprint density at radius 1 is 1.07 bits per heavy atom. The van der Waals surface area contributed by atoms with Crippen molar-refractivity contribution in [3.8, 4) is 11.1 Å². The first-order valence-corrected chi connectivity index (χ1v) is 13.5. The number of pyridine rings is 1. The van der Waals surface area contributed by atoms with Gasteiger partial charge in [-0.3, -0.25) is 14.4 Å². The molecule has 1 aliphatic rings. The van der Waals surface area contributed by atoms with Crippen LogP contribution in [0.15, 0.2) is 55.0 Å². The number of carbonyl (C=O) groups excluding carboxylic acids is 2. The van der Waals surface area contributed by atoms with Gasteiger partial charge in [0.25, 0.3) is 5.91 Å². The molecule has 0 spiro atoms. The lowest BCUT2D eigenvalue weighted by molar-refractivity contribution is 0.0195. The van der Waals surface area contributed by atoms with E-state index >= 15 is 0 Å². The van der Waals surface area contributed by atoms with Gasteiger partial charge in [0.05, 0.1) is 17.8 Å². The minimum absolute atomic E-state index is 0.0646. The second-order valence-electron chi connectivity index (χ2n) is 11.3. The fourth-order valence-corrected chi connectivity index (χ4v) is 5.32. The van der Waals surface area contributed by atoms with Crippen LogP contribution in [0.3, 0.4) is 0 Å². The summed E-state index contributed by atoms with van der Waals surface area (Å²) in [5.41, 5.74) is 1.76. The number of amides is 2. The van der Waals surface area contributed by atoms with Crippen LogP contribution in [0.2, 0.25) is 0 Å². The highest BCUT2D eigenvalue weighted by Crippen LogP contribution is 2.32. The average molecular weight is 559 g/mol. The highest BCUT2D eigenvalue weighted by molar-refractivity contribution is 6.10. The summed E-state index contributed by atoms with van der Waals surface area (Å²) in [6, 6.07) is 10.3. The number of hydrogen-bond acceptors (Lipinski definition) is 6. The van der Waals surface area contributed by atoms with Crippen molar-refractivity contribution in [3.05, 3.63) is 66.2 Å². The van der Waals surface area contributed by atoms with Gasteiger partial charge < -0.3 is 19.3 Å². The van der Waals surface area contributed by atoms with Crippen LogP contribution in [0.5, 0.6) is 0 Å². The third kappa shape index (κ3) is 5.52. The zero-order valence-corrected chi connectivity index (χ0v) is 23.9. The van der Waals surface area contributed by atoms with E-state index in [-0.39, 0.29) is 17.6 Å². The summed E-state index contributed by atoms with van der Waals surface area (Å²) < 4.78 is 8.88. The Labute approximate surface area is 237 Å². The van der Waals surface area contributed by atoms with E-state index in [1.54, 1.807) is 47.3 Å². The number of rotatable bonds is 5. The first kappa shape index (κ1) is 27.9. The van der Waals surface area contributed by atoms with E-state index in [1.807, 2.05) is 50.7 Å². The number of benzene rings is 1. The molecule has 1 fully saturated rings. The molecule has 5 rings (SSSR count). The topological polar surface area (TPSA) is 123 Å².